The molecule has 88 valence electrons. The quantitative estimate of drug-likeness (QED) is 0.703. The van der Waals surface area contributed by atoms with Crippen molar-refractivity contribution in [2.75, 3.05) is 7.11 Å². The Kier molecular flexibility index (Phi) is 3.22. The fraction of sp³-hybridized carbons (Fsp3) is 0.222. The molecular formula is C9H7ClN4O3. The van der Waals surface area contributed by atoms with Gasteiger partial charge in [-0.25, -0.2) is 4.79 Å². The maximum Gasteiger partial charge on any atom is 0.360 e. The van der Waals surface area contributed by atoms with E-state index in [1.165, 1.54) is 13.2 Å². The van der Waals surface area contributed by atoms with Gasteiger partial charge in [-0.05, 0) is 23.4 Å². The van der Waals surface area contributed by atoms with Gasteiger partial charge < -0.3 is 9.57 Å². The van der Waals surface area contributed by atoms with Crippen LogP contribution in [0.15, 0.2) is 28.8 Å². The highest BCUT2D eigenvalue weighted by molar-refractivity contribution is 6.31. The molecule has 8 heteroatoms. The van der Waals surface area contributed by atoms with Crippen LogP contribution in [0.3, 0.4) is 0 Å². The third kappa shape index (κ3) is 2.52. The third-order valence-corrected chi connectivity index (χ3v) is 2.16. The average molecular weight is 255 g/mol. The van der Waals surface area contributed by atoms with Crippen LogP contribution in [0.25, 0.3) is 0 Å². The predicted molar refractivity (Wildman–Crippen MR) is 57.0 cm³/mol. The Morgan fingerprint density at radius 2 is 2.41 bits per heavy atom. The molecule has 7 nitrogen and oxygen atoms in total. The standard InChI is InChI=1S/C9H7ClN4O3/c1-16-14-12-9(11-13-14)17-8-3-2-7(10)4-6(8)5-15/h2-4,8H,1H3. The normalized spacial score (nSPS) is 18.6. The van der Waals surface area contributed by atoms with Gasteiger partial charge in [-0.2, -0.15) is 0 Å². The summed E-state index contributed by atoms with van der Waals surface area (Å²) in [5, 5.41) is 11.3. The van der Waals surface area contributed by atoms with E-state index < -0.39 is 6.10 Å². The predicted octanol–water partition coefficient (Wildman–Crippen LogP) is -0.0706. The molecule has 0 aromatic carbocycles. The molecular weight excluding hydrogens is 248 g/mol. The van der Waals surface area contributed by atoms with Crippen molar-refractivity contribution in [1.29, 1.82) is 0 Å². The molecule has 0 saturated carbocycles. The van der Waals surface area contributed by atoms with Crippen molar-refractivity contribution in [2.24, 2.45) is 0 Å². The number of tetrazole rings is 1. The number of carbonyl (C=O) groups excluding carboxylic acids is 1. The maximum absolute atomic E-state index is 10.7. The molecule has 1 heterocycles. The average Bonchev–Trinajstić information content (AvgIpc) is 2.79. The molecule has 1 unspecified atom stereocenters. The fourth-order valence-corrected chi connectivity index (χ4v) is 1.37. The lowest BCUT2D eigenvalue weighted by Gasteiger charge is -2.14. The first-order valence-electron chi connectivity index (χ1n) is 4.54. The van der Waals surface area contributed by atoms with E-state index >= 15 is 0 Å². The van der Waals surface area contributed by atoms with E-state index in [9.17, 15) is 4.79 Å². The first kappa shape index (κ1) is 11.4. The van der Waals surface area contributed by atoms with Crippen LogP contribution in [0, 0.1) is 0 Å². The number of hydrogen-bond donors (Lipinski definition) is 0. The Morgan fingerprint density at radius 1 is 1.59 bits per heavy atom. The van der Waals surface area contributed by atoms with Gasteiger partial charge >= 0.3 is 6.01 Å². The van der Waals surface area contributed by atoms with Crippen molar-refractivity contribution in [3.8, 4) is 6.01 Å². The van der Waals surface area contributed by atoms with Gasteiger partial charge in [0.25, 0.3) is 0 Å². The van der Waals surface area contributed by atoms with Crippen molar-refractivity contribution in [3.05, 3.63) is 28.8 Å². The Hall–Kier alpha value is -2.11. The van der Waals surface area contributed by atoms with Crippen LogP contribution >= 0.6 is 11.6 Å². The molecule has 1 aromatic rings. The molecule has 0 spiro atoms. The van der Waals surface area contributed by atoms with Crippen molar-refractivity contribution in [2.45, 2.75) is 6.10 Å². The first-order chi connectivity index (χ1) is 8.22. The molecule has 0 amide bonds. The monoisotopic (exact) mass is 254 g/mol. The Labute approximate surface area is 101 Å². The maximum atomic E-state index is 10.7. The summed E-state index contributed by atoms with van der Waals surface area (Å²) in [5.74, 6) is 1.74. The Balaban J connectivity index is 2.14. The minimum atomic E-state index is -0.635. The summed E-state index contributed by atoms with van der Waals surface area (Å²) in [6.07, 6.45) is 4.02. The fourth-order valence-electron chi connectivity index (χ4n) is 1.18. The Morgan fingerprint density at radius 3 is 3.06 bits per heavy atom. The second kappa shape index (κ2) is 4.82. The number of rotatable bonds is 3. The number of hydrogen-bond acceptors (Lipinski definition) is 6. The zero-order valence-corrected chi connectivity index (χ0v) is 9.46. The second-order valence-electron chi connectivity index (χ2n) is 2.99. The molecule has 0 fully saturated rings. The zero-order chi connectivity index (χ0) is 12.3. The number of allylic oxidation sites excluding steroid dienone is 2. The summed E-state index contributed by atoms with van der Waals surface area (Å²) in [5.41, 5.74) is 0.256. The smallest absolute Gasteiger partial charge is 0.360 e. The van der Waals surface area contributed by atoms with Crippen LogP contribution in [0.2, 0.25) is 0 Å². The van der Waals surface area contributed by atoms with Gasteiger partial charge in [0.2, 0.25) is 0 Å². The van der Waals surface area contributed by atoms with Crippen LogP contribution < -0.4 is 9.57 Å². The van der Waals surface area contributed by atoms with E-state index in [0.717, 1.165) is 4.96 Å². The van der Waals surface area contributed by atoms with E-state index in [2.05, 4.69) is 20.2 Å². The largest absolute Gasteiger partial charge is 0.448 e. The van der Waals surface area contributed by atoms with E-state index in [1.807, 2.05) is 0 Å². The van der Waals surface area contributed by atoms with E-state index in [0.29, 0.717) is 5.03 Å². The van der Waals surface area contributed by atoms with Gasteiger partial charge in [-0.15, -0.1) is 0 Å². The summed E-state index contributed by atoms with van der Waals surface area (Å²) >= 11 is 5.74. The summed E-state index contributed by atoms with van der Waals surface area (Å²) < 4.78 is 5.31. The molecule has 0 aliphatic heterocycles. The van der Waals surface area contributed by atoms with Crippen LogP contribution in [-0.4, -0.2) is 39.5 Å². The summed E-state index contributed by atoms with van der Waals surface area (Å²) in [4.78, 5) is 16.3. The van der Waals surface area contributed by atoms with Crippen molar-refractivity contribution < 1.29 is 14.4 Å². The van der Waals surface area contributed by atoms with E-state index in [1.54, 1.807) is 18.1 Å². The van der Waals surface area contributed by atoms with Gasteiger partial charge in [-0.1, -0.05) is 21.8 Å². The molecule has 2 rings (SSSR count). The van der Waals surface area contributed by atoms with Gasteiger partial charge in [0.05, 0.1) is 5.57 Å². The minimum absolute atomic E-state index is 0.0133. The molecule has 0 radical (unpaired) electrons. The van der Waals surface area contributed by atoms with Crippen LogP contribution in [0.4, 0.5) is 0 Å². The first-order valence-corrected chi connectivity index (χ1v) is 4.92. The zero-order valence-electron chi connectivity index (χ0n) is 8.70. The number of ether oxygens (including phenoxy) is 1. The molecule has 1 aliphatic rings. The number of aromatic nitrogens is 4. The third-order valence-electron chi connectivity index (χ3n) is 1.92. The molecule has 0 N–H and O–H groups in total. The van der Waals surface area contributed by atoms with Crippen LogP contribution in [-0.2, 0) is 4.79 Å². The van der Waals surface area contributed by atoms with Crippen molar-refractivity contribution >= 4 is 17.5 Å². The molecule has 0 saturated heterocycles. The number of nitrogens with zero attached hydrogens (tertiary/aromatic N) is 4. The minimum Gasteiger partial charge on any atom is -0.448 e. The van der Waals surface area contributed by atoms with Gasteiger partial charge in [0, 0.05) is 9.99 Å². The van der Waals surface area contributed by atoms with E-state index in [4.69, 9.17) is 16.3 Å². The van der Waals surface area contributed by atoms with Gasteiger partial charge in [0.1, 0.15) is 13.1 Å². The lowest BCUT2D eigenvalue weighted by atomic mass is 10.1. The van der Waals surface area contributed by atoms with Gasteiger partial charge in [0.15, 0.2) is 6.10 Å². The van der Waals surface area contributed by atoms with Crippen LogP contribution in [0.5, 0.6) is 6.01 Å². The SMILES string of the molecule is COn1nnc(OC2C=CC(Cl)=CC2=C=O)n1. The topological polar surface area (TPSA) is 79.1 Å². The highest BCUT2D eigenvalue weighted by Gasteiger charge is 2.19. The van der Waals surface area contributed by atoms with Crippen molar-refractivity contribution in [1.82, 2.24) is 20.4 Å². The molecule has 0 bridgehead atoms. The number of halogens is 1. The summed E-state index contributed by atoms with van der Waals surface area (Å²) in [6.45, 7) is 0. The molecule has 1 aliphatic carbocycles. The highest BCUT2D eigenvalue weighted by Crippen LogP contribution is 2.20. The molecule has 1 atom stereocenters. The van der Waals surface area contributed by atoms with Crippen LogP contribution in [0.1, 0.15) is 0 Å². The molecule has 1 aromatic heterocycles. The van der Waals surface area contributed by atoms with Crippen molar-refractivity contribution in [3.63, 3.8) is 0 Å². The summed E-state index contributed by atoms with van der Waals surface area (Å²) in [7, 11) is 1.38. The van der Waals surface area contributed by atoms with Gasteiger partial charge in [-0.3, -0.25) is 0 Å². The lowest BCUT2D eigenvalue weighted by molar-refractivity contribution is 0.0930. The Bertz CT molecular complexity index is 530. The summed E-state index contributed by atoms with van der Waals surface area (Å²) in [6, 6.07) is -0.0133. The lowest BCUT2D eigenvalue weighted by Crippen LogP contribution is -2.19. The molecule has 17 heavy (non-hydrogen) atoms. The second-order valence-corrected chi connectivity index (χ2v) is 3.43. The highest BCUT2D eigenvalue weighted by atomic mass is 35.5. The van der Waals surface area contributed by atoms with E-state index in [-0.39, 0.29) is 11.6 Å².